The van der Waals surface area contributed by atoms with Crippen LogP contribution in [0.3, 0.4) is 0 Å². The van der Waals surface area contributed by atoms with Crippen molar-refractivity contribution in [3.05, 3.63) is 92.3 Å². The molecule has 0 fully saturated rings. The summed E-state index contributed by atoms with van der Waals surface area (Å²) in [6, 6.07) is 12.8. The number of aromatic nitrogens is 1. The summed E-state index contributed by atoms with van der Waals surface area (Å²) in [5, 5.41) is 13.4. The molecule has 0 radical (unpaired) electrons. The lowest BCUT2D eigenvalue weighted by molar-refractivity contribution is 0.0694. The van der Waals surface area contributed by atoms with Gasteiger partial charge in [0, 0.05) is 30.0 Å². The molecule has 0 bridgehead atoms. The zero-order valence-corrected chi connectivity index (χ0v) is 19.6. The first kappa shape index (κ1) is 22.8. The van der Waals surface area contributed by atoms with E-state index in [1.807, 2.05) is 13.8 Å². The van der Waals surface area contributed by atoms with Crippen molar-refractivity contribution < 1.29 is 9.90 Å². The van der Waals surface area contributed by atoms with Crippen molar-refractivity contribution in [3.63, 3.8) is 0 Å². The van der Waals surface area contributed by atoms with Crippen LogP contribution in [-0.4, -0.2) is 22.2 Å². The average Bonchev–Trinajstić information content (AvgIpc) is 2.93. The lowest BCUT2D eigenvalue weighted by Crippen LogP contribution is -2.19. The number of carboxylic acids is 1. The number of hydrogen-bond donors (Lipinski definition) is 2. The predicted molar refractivity (Wildman–Crippen MR) is 127 cm³/mol. The van der Waals surface area contributed by atoms with Crippen molar-refractivity contribution >= 4 is 5.97 Å². The number of nitrogens with one attached hydrogen (secondary N) is 1. The number of benzene rings is 2. The second-order valence-corrected chi connectivity index (χ2v) is 8.65. The molecule has 0 aliphatic heterocycles. The summed E-state index contributed by atoms with van der Waals surface area (Å²) in [6.07, 6.45) is 0.926. The summed E-state index contributed by atoms with van der Waals surface area (Å²) in [5.41, 5.74) is 10.8. The molecule has 0 amide bonds. The molecule has 0 atom stereocenters. The van der Waals surface area contributed by atoms with Crippen LogP contribution >= 0.6 is 0 Å². The molecule has 0 spiro atoms. The zero-order valence-electron chi connectivity index (χ0n) is 19.6. The fourth-order valence-electron chi connectivity index (χ4n) is 4.63. The number of aryl methyl sites for hydroxylation is 4. The number of nitrogens with zero attached hydrogens (tertiary/aromatic N) is 1. The van der Waals surface area contributed by atoms with Gasteiger partial charge in [0.2, 0.25) is 0 Å². The highest BCUT2D eigenvalue weighted by molar-refractivity contribution is 5.91. The minimum Gasteiger partial charge on any atom is -0.478 e. The van der Waals surface area contributed by atoms with Gasteiger partial charge in [-0.15, -0.1) is 0 Å². The highest BCUT2D eigenvalue weighted by Gasteiger charge is 2.23. The fourth-order valence-corrected chi connectivity index (χ4v) is 4.63. The van der Waals surface area contributed by atoms with Gasteiger partial charge in [-0.3, -0.25) is 0 Å². The summed E-state index contributed by atoms with van der Waals surface area (Å²) < 4.78 is 2.16. The highest BCUT2D eigenvalue weighted by atomic mass is 16.4. The topological polar surface area (TPSA) is 54.3 Å². The van der Waals surface area contributed by atoms with Crippen LogP contribution in [0.1, 0.15) is 60.7 Å². The summed E-state index contributed by atoms with van der Waals surface area (Å²) >= 11 is 0. The molecule has 0 unspecified atom stereocenters. The lowest BCUT2D eigenvalue weighted by atomic mass is 9.99. The molecule has 2 N–H and O–H groups in total. The first-order valence-electron chi connectivity index (χ1n) is 10.9. The summed E-state index contributed by atoms with van der Waals surface area (Å²) in [7, 11) is 0. The first-order valence-corrected chi connectivity index (χ1v) is 10.9. The number of hydrogen-bond acceptors (Lipinski definition) is 2. The van der Waals surface area contributed by atoms with E-state index in [0.717, 1.165) is 29.9 Å². The molecule has 1 heterocycles. The molecule has 4 heteroatoms. The van der Waals surface area contributed by atoms with Gasteiger partial charge in [0.25, 0.3) is 0 Å². The van der Waals surface area contributed by atoms with E-state index >= 15 is 0 Å². The Bertz CT molecular complexity index is 1090. The van der Waals surface area contributed by atoms with E-state index in [1.54, 1.807) is 0 Å². The van der Waals surface area contributed by atoms with Gasteiger partial charge in [0.05, 0.1) is 5.56 Å². The Hall–Kier alpha value is -2.85. The summed E-state index contributed by atoms with van der Waals surface area (Å²) in [5.74, 6) is -0.854. The number of aromatic carboxylic acids is 1. The van der Waals surface area contributed by atoms with Crippen LogP contribution in [0.25, 0.3) is 0 Å². The average molecular weight is 419 g/mol. The van der Waals surface area contributed by atoms with Crippen LogP contribution < -0.4 is 5.32 Å². The Morgan fingerprint density at radius 3 is 2.16 bits per heavy atom. The molecule has 3 rings (SSSR count). The number of rotatable bonds is 8. The third-order valence-electron chi connectivity index (χ3n) is 6.41. The maximum atomic E-state index is 12.1. The molecule has 2 aromatic carbocycles. The van der Waals surface area contributed by atoms with Crippen molar-refractivity contribution in [1.29, 1.82) is 0 Å². The Kier molecular flexibility index (Phi) is 7.01. The fraction of sp³-hybridized carbons (Fsp3) is 0.370. The largest absolute Gasteiger partial charge is 0.478 e. The maximum Gasteiger partial charge on any atom is 0.337 e. The quantitative estimate of drug-likeness (QED) is 0.481. The van der Waals surface area contributed by atoms with Crippen molar-refractivity contribution in [2.75, 3.05) is 6.54 Å². The first-order chi connectivity index (χ1) is 14.7. The van der Waals surface area contributed by atoms with E-state index in [9.17, 15) is 9.90 Å². The van der Waals surface area contributed by atoms with Gasteiger partial charge in [-0.05, 0) is 82.3 Å². The summed E-state index contributed by atoms with van der Waals surface area (Å²) in [4.78, 5) is 12.1. The second-order valence-electron chi connectivity index (χ2n) is 8.65. The molecule has 0 saturated carbocycles. The van der Waals surface area contributed by atoms with Crippen molar-refractivity contribution in [3.8, 4) is 0 Å². The Morgan fingerprint density at radius 2 is 1.55 bits per heavy atom. The number of carbonyl (C=O) groups is 1. The van der Waals surface area contributed by atoms with Gasteiger partial charge in [0.1, 0.15) is 0 Å². The standard InChI is InChI=1S/C27H34N2O2/c1-17-13-19(3)25(20(4)14-17)16-29-21(5)24(26(22(29)6)27(30)31)15-28-12-11-23-10-8-7-9-18(23)2/h7-10,13-14,28H,11-12,15-16H2,1-6H3,(H,30,31). The van der Waals surface area contributed by atoms with Gasteiger partial charge in [-0.25, -0.2) is 4.79 Å². The van der Waals surface area contributed by atoms with Gasteiger partial charge in [0.15, 0.2) is 0 Å². The van der Waals surface area contributed by atoms with Crippen LogP contribution in [0.2, 0.25) is 0 Å². The molecular weight excluding hydrogens is 384 g/mol. The van der Waals surface area contributed by atoms with Crippen molar-refractivity contribution in [2.24, 2.45) is 0 Å². The van der Waals surface area contributed by atoms with Gasteiger partial charge >= 0.3 is 5.97 Å². The molecule has 0 aliphatic carbocycles. The van der Waals surface area contributed by atoms with Crippen LogP contribution in [0.4, 0.5) is 0 Å². The molecule has 0 aliphatic rings. The van der Waals surface area contributed by atoms with E-state index in [-0.39, 0.29) is 0 Å². The smallest absolute Gasteiger partial charge is 0.337 e. The van der Waals surface area contributed by atoms with Crippen molar-refractivity contribution in [2.45, 2.75) is 61.1 Å². The van der Waals surface area contributed by atoms with Crippen LogP contribution in [0.15, 0.2) is 36.4 Å². The minimum atomic E-state index is -0.854. The third-order valence-corrected chi connectivity index (χ3v) is 6.41. The van der Waals surface area contributed by atoms with Gasteiger partial charge in [-0.1, -0.05) is 42.0 Å². The second kappa shape index (κ2) is 9.52. The molecule has 3 aromatic rings. The van der Waals surface area contributed by atoms with Crippen LogP contribution in [0.5, 0.6) is 0 Å². The van der Waals surface area contributed by atoms with E-state index < -0.39 is 5.97 Å². The molecular formula is C27H34N2O2. The van der Waals surface area contributed by atoms with E-state index in [2.05, 4.69) is 74.0 Å². The predicted octanol–water partition coefficient (Wildman–Crippen LogP) is 5.42. The SMILES string of the molecule is Cc1cc(C)c(Cn2c(C)c(CNCCc3ccccc3C)c(C(=O)O)c2C)c(C)c1. The van der Waals surface area contributed by atoms with E-state index in [4.69, 9.17) is 0 Å². The lowest BCUT2D eigenvalue weighted by Gasteiger charge is -2.16. The molecule has 4 nitrogen and oxygen atoms in total. The van der Waals surface area contributed by atoms with E-state index in [0.29, 0.717) is 18.7 Å². The van der Waals surface area contributed by atoms with Crippen molar-refractivity contribution in [1.82, 2.24) is 9.88 Å². The zero-order chi connectivity index (χ0) is 22.7. The Morgan fingerprint density at radius 1 is 0.903 bits per heavy atom. The minimum absolute atomic E-state index is 0.434. The normalized spacial score (nSPS) is 11.2. The Labute approximate surface area is 185 Å². The molecule has 1 aromatic heterocycles. The third kappa shape index (κ3) is 4.91. The van der Waals surface area contributed by atoms with Gasteiger partial charge < -0.3 is 15.0 Å². The highest BCUT2D eigenvalue weighted by Crippen LogP contribution is 2.26. The van der Waals surface area contributed by atoms with Gasteiger partial charge in [-0.2, -0.15) is 0 Å². The molecule has 164 valence electrons. The van der Waals surface area contributed by atoms with Crippen LogP contribution in [-0.2, 0) is 19.5 Å². The maximum absolute atomic E-state index is 12.1. The van der Waals surface area contributed by atoms with Crippen LogP contribution in [0, 0.1) is 41.5 Å². The van der Waals surface area contributed by atoms with E-state index in [1.165, 1.54) is 33.4 Å². The monoisotopic (exact) mass is 418 g/mol. The molecule has 31 heavy (non-hydrogen) atoms. The Balaban J connectivity index is 1.83. The summed E-state index contributed by atoms with van der Waals surface area (Å²) in [6.45, 7) is 14.5. The molecule has 0 saturated heterocycles. The number of carboxylic acid groups (broad SMARTS) is 1.